The quantitative estimate of drug-likeness (QED) is 0.816. The molecule has 4 nitrogen and oxygen atoms in total. The lowest BCUT2D eigenvalue weighted by Crippen LogP contribution is -2.03. The number of rotatable bonds is 2. The van der Waals surface area contributed by atoms with Crippen molar-refractivity contribution in [1.29, 1.82) is 0 Å². The highest BCUT2D eigenvalue weighted by Gasteiger charge is 2.23. The lowest BCUT2D eigenvalue weighted by molar-refractivity contribution is -0.110. The number of hydrogen-bond donors (Lipinski definition) is 2. The molecule has 0 fully saturated rings. The molecule has 0 aromatic heterocycles. The van der Waals surface area contributed by atoms with Gasteiger partial charge in [-0.25, -0.2) is 0 Å². The number of halogens is 1. The molecule has 5 heteroatoms. The molecule has 106 valence electrons. The Morgan fingerprint density at radius 1 is 1.29 bits per heavy atom. The number of amides is 1. The molecule has 0 saturated heterocycles. The van der Waals surface area contributed by atoms with Crippen molar-refractivity contribution in [3.63, 3.8) is 0 Å². The summed E-state index contributed by atoms with van der Waals surface area (Å²) >= 11 is 3.27. The summed E-state index contributed by atoms with van der Waals surface area (Å²) in [6, 6.07) is 10.9. The molecular formula is C16H12BrNO3. The van der Waals surface area contributed by atoms with Crippen LogP contribution in [0.5, 0.6) is 11.5 Å². The number of aromatic hydroxyl groups is 1. The van der Waals surface area contributed by atoms with E-state index in [4.69, 9.17) is 4.74 Å². The van der Waals surface area contributed by atoms with Gasteiger partial charge in [-0.15, -0.1) is 0 Å². The first-order valence-corrected chi connectivity index (χ1v) is 7.08. The van der Waals surface area contributed by atoms with E-state index in [0.717, 1.165) is 16.8 Å². The van der Waals surface area contributed by atoms with Crippen molar-refractivity contribution in [2.45, 2.75) is 0 Å². The highest BCUT2D eigenvalue weighted by Crippen LogP contribution is 2.38. The van der Waals surface area contributed by atoms with E-state index in [1.807, 2.05) is 24.3 Å². The van der Waals surface area contributed by atoms with E-state index in [2.05, 4.69) is 21.2 Å². The van der Waals surface area contributed by atoms with Crippen LogP contribution in [0.4, 0.5) is 5.69 Å². The van der Waals surface area contributed by atoms with Gasteiger partial charge in [-0.3, -0.25) is 4.79 Å². The van der Waals surface area contributed by atoms with Gasteiger partial charge in [-0.1, -0.05) is 18.2 Å². The molecular weight excluding hydrogens is 334 g/mol. The fourth-order valence-corrected chi connectivity index (χ4v) is 2.74. The monoisotopic (exact) mass is 345 g/mol. The fourth-order valence-electron chi connectivity index (χ4n) is 2.28. The first-order valence-electron chi connectivity index (χ1n) is 6.29. The van der Waals surface area contributed by atoms with Crippen LogP contribution in [-0.2, 0) is 4.79 Å². The molecule has 0 atom stereocenters. The summed E-state index contributed by atoms with van der Waals surface area (Å²) in [5.41, 5.74) is 3.02. The zero-order chi connectivity index (χ0) is 15.0. The number of methoxy groups -OCH3 is 1. The molecule has 3 rings (SSSR count). The lowest BCUT2D eigenvalue weighted by atomic mass is 10.0. The van der Waals surface area contributed by atoms with Crippen LogP contribution >= 0.6 is 15.9 Å². The molecule has 1 amide bonds. The van der Waals surface area contributed by atoms with Crippen molar-refractivity contribution >= 4 is 39.2 Å². The third-order valence-electron chi connectivity index (χ3n) is 3.29. The number of benzene rings is 2. The summed E-state index contributed by atoms with van der Waals surface area (Å²) in [6.45, 7) is 0. The number of carbonyl (C=O) groups is 1. The lowest BCUT2D eigenvalue weighted by Gasteiger charge is -2.07. The topological polar surface area (TPSA) is 58.6 Å². The van der Waals surface area contributed by atoms with Crippen LogP contribution in [0.15, 0.2) is 40.9 Å². The van der Waals surface area contributed by atoms with E-state index >= 15 is 0 Å². The molecule has 2 aromatic rings. The third-order valence-corrected chi connectivity index (χ3v) is 3.90. The van der Waals surface area contributed by atoms with Crippen LogP contribution < -0.4 is 10.1 Å². The Bertz CT molecular complexity index is 768. The number of ether oxygens (including phenoxy) is 1. The molecule has 0 aliphatic carbocycles. The standard InChI is InChI=1S/C16H12BrNO3/c1-21-14-8-9(7-12(17)15(14)19)6-11-10-4-2-3-5-13(10)18-16(11)20/h2-8,19H,1H3,(H,18,20). The smallest absolute Gasteiger partial charge is 0.256 e. The first kappa shape index (κ1) is 13.7. The first-order chi connectivity index (χ1) is 10.1. The van der Waals surface area contributed by atoms with E-state index in [9.17, 15) is 9.90 Å². The molecule has 2 aromatic carbocycles. The zero-order valence-electron chi connectivity index (χ0n) is 11.2. The SMILES string of the molecule is COc1cc(C=C2C(=O)Nc3ccccc32)cc(Br)c1O. The molecule has 0 saturated carbocycles. The maximum atomic E-state index is 12.1. The Hall–Kier alpha value is -2.27. The molecule has 0 radical (unpaired) electrons. The summed E-state index contributed by atoms with van der Waals surface area (Å²) in [7, 11) is 1.48. The van der Waals surface area contributed by atoms with E-state index in [1.165, 1.54) is 7.11 Å². The van der Waals surface area contributed by atoms with Crippen LogP contribution in [0.2, 0.25) is 0 Å². The largest absolute Gasteiger partial charge is 0.503 e. The maximum Gasteiger partial charge on any atom is 0.256 e. The van der Waals surface area contributed by atoms with Gasteiger partial charge in [0.1, 0.15) is 0 Å². The Labute approximate surface area is 130 Å². The molecule has 0 unspecified atom stereocenters. The highest BCUT2D eigenvalue weighted by atomic mass is 79.9. The Morgan fingerprint density at radius 3 is 2.81 bits per heavy atom. The van der Waals surface area contributed by atoms with Gasteiger partial charge in [0.05, 0.1) is 11.6 Å². The Balaban J connectivity index is 2.11. The van der Waals surface area contributed by atoms with Crippen molar-refractivity contribution in [3.05, 3.63) is 52.0 Å². The van der Waals surface area contributed by atoms with E-state index in [0.29, 0.717) is 15.8 Å². The molecule has 1 aliphatic heterocycles. The molecule has 1 heterocycles. The van der Waals surface area contributed by atoms with E-state index in [1.54, 1.807) is 18.2 Å². The van der Waals surface area contributed by atoms with Gasteiger partial charge >= 0.3 is 0 Å². The third kappa shape index (κ3) is 2.40. The summed E-state index contributed by atoms with van der Waals surface area (Å²) in [5.74, 6) is 0.248. The van der Waals surface area contributed by atoms with Crippen LogP contribution in [0, 0.1) is 0 Å². The predicted octanol–water partition coefficient (Wildman–Crippen LogP) is 3.66. The molecule has 21 heavy (non-hydrogen) atoms. The van der Waals surface area contributed by atoms with Gasteiger partial charge in [0.2, 0.25) is 0 Å². The number of phenolic OH excluding ortho intramolecular Hbond substituents is 1. The average molecular weight is 346 g/mol. The van der Waals surface area contributed by atoms with Gasteiger partial charge < -0.3 is 15.2 Å². The minimum absolute atomic E-state index is 0.0379. The van der Waals surface area contributed by atoms with Crippen molar-refractivity contribution in [3.8, 4) is 11.5 Å². The summed E-state index contributed by atoms with van der Waals surface area (Å²) in [4.78, 5) is 12.1. The maximum absolute atomic E-state index is 12.1. The number of anilines is 1. The molecule has 0 bridgehead atoms. The summed E-state index contributed by atoms with van der Waals surface area (Å²) < 4.78 is 5.63. The Kier molecular flexibility index (Phi) is 3.43. The number of phenols is 1. The van der Waals surface area contributed by atoms with E-state index in [-0.39, 0.29) is 11.7 Å². The fraction of sp³-hybridized carbons (Fsp3) is 0.0625. The number of hydrogen-bond acceptors (Lipinski definition) is 3. The molecule has 0 spiro atoms. The van der Waals surface area contributed by atoms with Crippen molar-refractivity contribution < 1.29 is 14.6 Å². The zero-order valence-corrected chi connectivity index (χ0v) is 12.8. The van der Waals surface area contributed by atoms with Crippen molar-refractivity contribution in [2.24, 2.45) is 0 Å². The second-order valence-corrected chi connectivity index (χ2v) is 5.47. The van der Waals surface area contributed by atoms with Crippen LogP contribution in [0.3, 0.4) is 0 Å². The van der Waals surface area contributed by atoms with Gasteiger partial charge in [0, 0.05) is 16.8 Å². The second-order valence-electron chi connectivity index (χ2n) is 4.61. The van der Waals surface area contributed by atoms with Crippen LogP contribution in [-0.4, -0.2) is 18.1 Å². The number of fused-ring (bicyclic) bond motifs is 1. The highest BCUT2D eigenvalue weighted by molar-refractivity contribution is 9.10. The Morgan fingerprint density at radius 2 is 2.05 bits per heavy atom. The summed E-state index contributed by atoms with van der Waals surface area (Å²) in [6.07, 6.45) is 1.77. The van der Waals surface area contributed by atoms with Crippen molar-refractivity contribution in [2.75, 3.05) is 12.4 Å². The molecule has 1 aliphatic rings. The normalized spacial score (nSPS) is 15.0. The van der Waals surface area contributed by atoms with Gasteiger partial charge in [0.15, 0.2) is 11.5 Å². The predicted molar refractivity (Wildman–Crippen MR) is 85.3 cm³/mol. The van der Waals surface area contributed by atoms with Crippen LogP contribution in [0.1, 0.15) is 11.1 Å². The average Bonchev–Trinajstić information content (AvgIpc) is 2.79. The number of para-hydroxylation sites is 1. The minimum Gasteiger partial charge on any atom is -0.503 e. The minimum atomic E-state index is -0.139. The van der Waals surface area contributed by atoms with Gasteiger partial charge in [0.25, 0.3) is 5.91 Å². The van der Waals surface area contributed by atoms with E-state index < -0.39 is 0 Å². The molecule has 2 N–H and O–H groups in total. The number of carbonyl (C=O) groups excluding carboxylic acids is 1. The number of nitrogens with one attached hydrogen (secondary N) is 1. The van der Waals surface area contributed by atoms with Gasteiger partial charge in [-0.05, 0) is 45.8 Å². The second kappa shape index (κ2) is 5.26. The van der Waals surface area contributed by atoms with Crippen molar-refractivity contribution in [1.82, 2.24) is 0 Å². The van der Waals surface area contributed by atoms with Crippen LogP contribution in [0.25, 0.3) is 11.6 Å². The van der Waals surface area contributed by atoms with Gasteiger partial charge in [-0.2, -0.15) is 0 Å². The summed E-state index contributed by atoms with van der Waals surface area (Å²) in [5, 5.41) is 12.6.